The number of ether oxygens (including phenoxy) is 1. The zero-order chi connectivity index (χ0) is 30.5. The fraction of sp³-hybridized carbons (Fsp3) is 0.364. The molecular weight excluding hydrogens is 604 g/mol. The quantitative estimate of drug-likeness (QED) is 0.279. The maximum Gasteiger partial charge on any atom is 0.254 e. The number of aromatic nitrogens is 2. The summed E-state index contributed by atoms with van der Waals surface area (Å²) in [5.74, 6) is -0.353. The normalized spacial score (nSPS) is 25.6. The third-order valence-corrected chi connectivity index (χ3v) is 10.6. The number of hydrogen-bond acceptors (Lipinski definition) is 5. The molecule has 4 atom stereocenters. The molecule has 226 valence electrons. The number of nitrogens with zero attached hydrogens (tertiary/aromatic N) is 3. The van der Waals surface area contributed by atoms with Crippen LogP contribution in [0.5, 0.6) is 5.75 Å². The van der Waals surface area contributed by atoms with Gasteiger partial charge in [0.25, 0.3) is 5.91 Å². The van der Waals surface area contributed by atoms with Crippen molar-refractivity contribution < 1.29 is 18.7 Å². The van der Waals surface area contributed by atoms with Crippen LogP contribution in [-0.4, -0.2) is 53.0 Å². The third-order valence-electron chi connectivity index (χ3n) is 10.0. The van der Waals surface area contributed by atoms with Crippen LogP contribution in [-0.2, 0) is 16.9 Å². The molecule has 11 heteroatoms. The summed E-state index contributed by atoms with van der Waals surface area (Å²) in [4.78, 5) is 34.8. The summed E-state index contributed by atoms with van der Waals surface area (Å²) in [5, 5.41) is 6.31. The van der Waals surface area contributed by atoms with Crippen LogP contribution < -0.4 is 15.4 Å². The fourth-order valence-corrected chi connectivity index (χ4v) is 8.45. The van der Waals surface area contributed by atoms with E-state index in [-0.39, 0.29) is 28.8 Å². The van der Waals surface area contributed by atoms with Crippen molar-refractivity contribution in [2.24, 2.45) is 5.92 Å². The molecule has 8 rings (SSSR count). The number of nitrogens with one attached hydrogen (secondary N) is 2. The van der Waals surface area contributed by atoms with Crippen molar-refractivity contribution in [3.63, 3.8) is 0 Å². The first-order valence-corrected chi connectivity index (χ1v) is 15.7. The number of anilines is 1. The first kappa shape index (κ1) is 27.9. The van der Waals surface area contributed by atoms with E-state index in [9.17, 15) is 9.59 Å². The van der Waals surface area contributed by atoms with Crippen LogP contribution in [0.3, 0.4) is 0 Å². The van der Waals surface area contributed by atoms with Gasteiger partial charge in [-0.2, -0.15) is 0 Å². The van der Waals surface area contributed by atoms with E-state index in [1.54, 1.807) is 37.4 Å². The van der Waals surface area contributed by atoms with Crippen molar-refractivity contribution in [3.05, 3.63) is 86.9 Å². The number of methoxy groups -OCH3 is 1. The van der Waals surface area contributed by atoms with E-state index in [0.29, 0.717) is 52.1 Å². The van der Waals surface area contributed by atoms with E-state index in [0.717, 1.165) is 36.2 Å². The second-order valence-electron chi connectivity index (χ2n) is 12.3. The van der Waals surface area contributed by atoms with Gasteiger partial charge in [-0.3, -0.25) is 14.5 Å². The largest absolute Gasteiger partial charge is 0.496 e. The highest BCUT2D eigenvalue weighted by Crippen LogP contribution is 2.64. The van der Waals surface area contributed by atoms with Gasteiger partial charge < -0.3 is 19.9 Å². The number of imidazole rings is 1. The molecule has 3 aromatic carbocycles. The summed E-state index contributed by atoms with van der Waals surface area (Å²) in [6.07, 6.45) is 2.91. The average Bonchev–Trinajstić information content (AvgIpc) is 3.61. The second kappa shape index (κ2) is 9.92. The number of likely N-dealkylation sites (tertiary alicyclic amines) is 1. The number of hydrogen-bond donors (Lipinski definition) is 2. The number of rotatable bonds is 5. The molecule has 44 heavy (non-hydrogen) atoms. The third kappa shape index (κ3) is 3.75. The Morgan fingerprint density at radius 3 is 2.75 bits per heavy atom. The summed E-state index contributed by atoms with van der Waals surface area (Å²) in [5.41, 5.74) is 2.45. The monoisotopic (exact) mass is 633 g/mol. The van der Waals surface area contributed by atoms with Crippen molar-refractivity contribution in [1.82, 2.24) is 19.8 Å². The lowest BCUT2D eigenvalue weighted by atomic mass is 9.70. The van der Waals surface area contributed by atoms with E-state index < -0.39 is 17.3 Å². The van der Waals surface area contributed by atoms with Crippen LogP contribution in [0.2, 0.25) is 10.0 Å². The maximum atomic E-state index is 16.3. The number of amides is 2. The standard InChI is InChI=1S/C33H30Cl2FN5O3/c1-37-31(42)19-13-23-25(14-26(19)44-2)40-11-10-24-27(30(40)38-23)28(18-4-3-5-21(35)29(18)36)33(41(24)15-16-6-7-16)20-9-8-17(34)12-22(20)39-32(33)43/h3-5,8-9,12-14,16,24,27-28H,6-7,10-11,15H2,1-2H3,(H,37,42)(H,39,43)/t24-,27+,28-,33+/m0/s1. The van der Waals surface area contributed by atoms with Crippen molar-refractivity contribution in [2.75, 3.05) is 26.0 Å². The first-order valence-electron chi connectivity index (χ1n) is 14.9. The summed E-state index contributed by atoms with van der Waals surface area (Å²) in [7, 11) is 3.11. The number of benzene rings is 3. The number of fused-ring (bicyclic) bond motifs is 7. The van der Waals surface area contributed by atoms with Crippen LogP contribution in [0, 0.1) is 11.7 Å². The molecule has 4 heterocycles. The maximum absolute atomic E-state index is 16.3. The molecule has 4 aliphatic rings. The summed E-state index contributed by atoms with van der Waals surface area (Å²) in [6, 6.07) is 14.0. The number of carbonyl (C=O) groups is 2. The average molecular weight is 635 g/mol. The van der Waals surface area contributed by atoms with Crippen molar-refractivity contribution in [1.29, 1.82) is 0 Å². The number of carbonyl (C=O) groups excluding carboxylic acids is 2. The van der Waals surface area contributed by atoms with E-state index in [1.165, 1.54) is 13.2 Å². The van der Waals surface area contributed by atoms with Crippen molar-refractivity contribution in [3.8, 4) is 5.75 Å². The minimum atomic E-state index is -1.21. The summed E-state index contributed by atoms with van der Waals surface area (Å²) >= 11 is 12.8. The molecule has 0 radical (unpaired) electrons. The minimum Gasteiger partial charge on any atom is -0.496 e. The molecule has 1 spiro atoms. The molecule has 4 aromatic rings. The van der Waals surface area contributed by atoms with Crippen LogP contribution in [0.1, 0.15) is 58.4 Å². The van der Waals surface area contributed by atoms with Gasteiger partial charge in [0.05, 0.1) is 28.7 Å². The Hall–Kier alpha value is -3.66. The number of aryl methyl sites for hydroxylation is 1. The van der Waals surface area contributed by atoms with Crippen LogP contribution in [0.15, 0.2) is 48.5 Å². The van der Waals surface area contributed by atoms with Crippen molar-refractivity contribution >= 4 is 51.7 Å². The summed E-state index contributed by atoms with van der Waals surface area (Å²) in [6.45, 7) is 1.36. The Kier molecular flexibility index (Phi) is 6.28. The van der Waals surface area contributed by atoms with E-state index in [4.69, 9.17) is 32.9 Å². The highest BCUT2D eigenvalue weighted by atomic mass is 35.5. The molecule has 1 saturated carbocycles. The Balaban J connectivity index is 1.42. The van der Waals surface area contributed by atoms with Crippen LogP contribution in [0.4, 0.5) is 10.1 Å². The van der Waals surface area contributed by atoms with Crippen LogP contribution >= 0.6 is 23.2 Å². The molecule has 0 unspecified atom stereocenters. The highest BCUT2D eigenvalue weighted by molar-refractivity contribution is 6.31. The molecule has 3 aliphatic heterocycles. The molecule has 2 amide bonds. The lowest BCUT2D eigenvalue weighted by molar-refractivity contribution is -0.128. The van der Waals surface area contributed by atoms with Gasteiger partial charge in [0.15, 0.2) is 0 Å². The van der Waals surface area contributed by atoms with Gasteiger partial charge in [-0.25, -0.2) is 9.37 Å². The van der Waals surface area contributed by atoms with Crippen molar-refractivity contribution in [2.45, 2.75) is 49.2 Å². The van der Waals surface area contributed by atoms with Gasteiger partial charge in [-0.15, -0.1) is 0 Å². The molecule has 1 aromatic heterocycles. The van der Waals surface area contributed by atoms with Gasteiger partial charge in [0, 0.05) is 60.4 Å². The Morgan fingerprint density at radius 2 is 2.00 bits per heavy atom. The Labute approximate surface area is 263 Å². The lowest BCUT2D eigenvalue weighted by Crippen LogP contribution is -2.53. The van der Waals surface area contributed by atoms with E-state index in [1.807, 2.05) is 12.1 Å². The molecule has 2 N–H and O–H groups in total. The second-order valence-corrected chi connectivity index (χ2v) is 13.1. The predicted molar refractivity (Wildman–Crippen MR) is 166 cm³/mol. The zero-order valence-electron chi connectivity index (χ0n) is 24.2. The van der Waals surface area contributed by atoms with Gasteiger partial charge >= 0.3 is 0 Å². The minimum absolute atomic E-state index is 0.00819. The topological polar surface area (TPSA) is 88.5 Å². The zero-order valence-corrected chi connectivity index (χ0v) is 25.7. The smallest absolute Gasteiger partial charge is 0.254 e. The molecule has 8 nitrogen and oxygen atoms in total. The highest BCUT2D eigenvalue weighted by Gasteiger charge is 2.69. The first-order chi connectivity index (χ1) is 21.3. The number of halogens is 3. The lowest BCUT2D eigenvalue weighted by Gasteiger charge is -2.40. The van der Waals surface area contributed by atoms with E-state index in [2.05, 4.69) is 20.1 Å². The van der Waals surface area contributed by atoms with Crippen LogP contribution in [0.25, 0.3) is 11.0 Å². The SMILES string of the molecule is CNC(=O)c1cc2nc3n(c2cc1OC)CC[C@H]1[C@@H]3[C@H](c2cccc(Cl)c2F)[C@]2(C(=O)Nc3cc(Cl)ccc32)N1CC1CC1. The van der Waals surface area contributed by atoms with E-state index >= 15 is 4.39 Å². The van der Waals surface area contributed by atoms with Gasteiger partial charge in [-0.05, 0) is 55.0 Å². The fourth-order valence-electron chi connectivity index (χ4n) is 8.10. The molecule has 1 saturated heterocycles. The molecular formula is C33H30Cl2FN5O3. The Morgan fingerprint density at radius 1 is 1.18 bits per heavy atom. The summed E-state index contributed by atoms with van der Waals surface area (Å²) < 4.78 is 24.0. The molecule has 0 bridgehead atoms. The predicted octanol–water partition coefficient (Wildman–Crippen LogP) is 6.06. The molecule has 1 aliphatic carbocycles. The molecule has 2 fully saturated rings. The van der Waals surface area contributed by atoms with Gasteiger partial charge in [-0.1, -0.05) is 41.4 Å². The van der Waals surface area contributed by atoms with Gasteiger partial charge in [0.2, 0.25) is 5.91 Å². The Bertz CT molecular complexity index is 1890. The van der Waals surface area contributed by atoms with Gasteiger partial charge in [0.1, 0.15) is 22.9 Å².